The molecule has 0 aromatic carbocycles. The molecule has 3 fully saturated rings. The number of likely N-dealkylation sites (tertiary alicyclic amines) is 1. The maximum absolute atomic E-state index is 12.6. The largest absolute Gasteiger partial charge is 0.360 e. The molecule has 2 aliphatic carbocycles. The Hall–Kier alpha value is -1.85. The Kier molecular flexibility index (Phi) is 4.52. The molecule has 4 rings (SSSR count). The van der Waals surface area contributed by atoms with Crippen LogP contribution >= 0.6 is 0 Å². The van der Waals surface area contributed by atoms with Crippen molar-refractivity contribution < 1.29 is 14.1 Å². The fraction of sp³-hybridized carbons (Fsp3) is 0.737. The highest BCUT2D eigenvalue weighted by molar-refractivity contribution is 5.91. The van der Waals surface area contributed by atoms with E-state index in [-0.39, 0.29) is 11.8 Å². The smallest absolute Gasteiger partial charge is 0.228 e. The van der Waals surface area contributed by atoms with Crippen molar-refractivity contribution in [2.45, 2.75) is 51.9 Å². The first-order valence-electron chi connectivity index (χ1n) is 9.60. The number of carbonyl (C=O) groups is 2. The van der Waals surface area contributed by atoms with E-state index in [4.69, 9.17) is 4.52 Å². The molecule has 1 N–H and O–H groups in total. The molecule has 1 saturated heterocycles. The lowest BCUT2D eigenvalue weighted by Gasteiger charge is -2.32. The van der Waals surface area contributed by atoms with Gasteiger partial charge in [-0.25, -0.2) is 0 Å². The van der Waals surface area contributed by atoms with Gasteiger partial charge in [0.2, 0.25) is 11.8 Å². The minimum atomic E-state index is -0.0523. The molecule has 2 bridgehead atoms. The van der Waals surface area contributed by atoms with Crippen molar-refractivity contribution in [2.24, 2.45) is 23.7 Å². The standard InChI is InChI=1S/C19H27N3O3/c1-12-8-17(21-25-12)20-19(24)14-4-6-22(7-5-14)18(23)11-16-10-13-2-3-15(16)9-13/h8,13-16H,2-7,9-11H2,1H3,(H,20,21,24). The van der Waals surface area contributed by atoms with E-state index in [1.807, 2.05) is 4.90 Å². The number of aryl methyl sites for hydroxylation is 1. The van der Waals surface area contributed by atoms with Gasteiger partial charge in [0.15, 0.2) is 5.82 Å². The zero-order chi connectivity index (χ0) is 17.4. The van der Waals surface area contributed by atoms with E-state index in [0.29, 0.717) is 36.5 Å². The van der Waals surface area contributed by atoms with Crippen molar-refractivity contribution in [3.63, 3.8) is 0 Å². The van der Waals surface area contributed by atoms with Crippen LogP contribution in [0.1, 0.15) is 50.7 Å². The van der Waals surface area contributed by atoms with Gasteiger partial charge < -0.3 is 14.7 Å². The molecule has 2 saturated carbocycles. The summed E-state index contributed by atoms with van der Waals surface area (Å²) in [7, 11) is 0. The van der Waals surface area contributed by atoms with Crippen molar-refractivity contribution in [1.29, 1.82) is 0 Å². The van der Waals surface area contributed by atoms with Gasteiger partial charge in [0.25, 0.3) is 0 Å². The lowest BCUT2D eigenvalue weighted by Crippen LogP contribution is -2.42. The number of aromatic nitrogens is 1. The Bertz CT molecular complexity index is 648. The highest BCUT2D eigenvalue weighted by Crippen LogP contribution is 2.49. The zero-order valence-corrected chi connectivity index (χ0v) is 14.9. The molecule has 1 aromatic rings. The lowest BCUT2D eigenvalue weighted by atomic mass is 9.85. The van der Waals surface area contributed by atoms with E-state index in [2.05, 4.69) is 10.5 Å². The van der Waals surface area contributed by atoms with E-state index < -0.39 is 0 Å². The van der Waals surface area contributed by atoms with Crippen LogP contribution in [0.25, 0.3) is 0 Å². The summed E-state index contributed by atoms with van der Waals surface area (Å²) in [6.07, 6.45) is 7.48. The highest BCUT2D eigenvalue weighted by Gasteiger charge is 2.41. The molecule has 0 spiro atoms. The molecule has 1 aliphatic heterocycles. The molecular formula is C19H27N3O3. The number of fused-ring (bicyclic) bond motifs is 2. The van der Waals surface area contributed by atoms with Crippen LogP contribution in [0.15, 0.2) is 10.6 Å². The van der Waals surface area contributed by atoms with E-state index in [0.717, 1.165) is 31.1 Å². The average Bonchev–Trinajstić information content (AvgIpc) is 3.32. The predicted octanol–water partition coefficient (Wildman–Crippen LogP) is 2.99. The maximum atomic E-state index is 12.6. The van der Waals surface area contributed by atoms with Gasteiger partial charge in [-0.3, -0.25) is 9.59 Å². The van der Waals surface area contributed by atoms with Crippen LogP contribution in [-0.2, 0) is 9.59 Å². The summed E-state index contributed by atoms with van der Waals surface area (Å²) in [4.78, 5) is 26.9. The summed E-state index contributed by atoms with van der Waals surface area (Å²) in [6, 6.07) is 1.71. The normalized spacial score (nSPS) is 29.2. The fourth-order valence-electron chi connectivity index (χ4n) is 5.02. The van der Waals surface area contributed by atoms with E-state index in [1.54, 1.807) is 13.0 Å². The number of rotatable bonds is 4. The van der Waals surface area contributed by atoms with Crippen LogP contribution in [-0.4, -0.2) is 35.0 Å². The second kappa shape index (κ2) is 6.81. The Balaban J connectivity index is 1.23. The first kappa shape index (κ1) is 16.6. The van der Waals surface area contributed by atoms with E-state index in [9.17, 15) is 9.59 Å². The maximum Gasteiger partial charge on any atom is 0.228 e. The molecule has 25 heavy (non-hydrogen) atoms. The van der Waals surface area contributed by atoms with Crippen LogP contribution in [0.5, 0.6) is 0 Å². The molecule has 3 atom stereocenters. The van der Waals surface area contributed by atoms with Crippen molar-refractivity contribution in [2.75, 3.05) is 18.4 Å². The van der Waals surface area contributed by atoms with E-state index >= 15 is 0 Å². The molecule has 3 aliphatic rings. The molecule has 2 amide bonds. The predicted molar refractivity (Wildman–Crippen MR) is 92.7 cm³/mol. The van der Waals surface area contributed by atoms with Gasteiger partial charge in [0.1, 0.15) is 5.76 Å². The first-order valence-corrected chi connectivity index (χ1v) is 9.60. The summed E-state index contributed by atoms with van der Waals surface area (Å²) < 4.78 is 4.97. The minimum Gasteiger partial charge on any atom is -0.360 e. The van der Waals surface area contributed by atoms with Gasteiger partial charge in [-0.1, -0.05) is 11.6 Å². The summed E-state index contributed by atoms with van der Waals surface area (Å²) in [6.45, 7) is 3.17. The van der Waals surface area contributed by atoms with Crippen molar-refractivity contribution >= 4 is 17.6 Å². The van der Waals surface area contributed by atoms with Crippen molar-refractivity contribution in [3.8, 4) is 0 Å². The summed E-state index contributed by atoms with van der Waals surface area (Å²) in [5.41, 5.74) is 0. The number of anilines is 1. The molecule has 6 nitrogen and oxygen atoms in total. The number of amides is 2. The monoisotopic (exact) mass is 345 g/mol. The van der Waals surface area contributed by atoms with Crippen LogP contribution in [0.4, 0.5) is 5.82 Å². The van der Waals surface area contributed by atoms with Gasteiger partial charge in [-0.15, -0.1) is 0 Å². The van der Waals surface area contributed by atoms with Gasteiger partial charge in [0.05, 0.1) is 0 Å². The molecule has 136 valence electrons. The summed E-state index contributed by atoms with van der Waals surface area (Å²) >= 11 is 0. The van der Waals surface area contributed by atoms with Gasteiger partial charge in [-0.05, 0) is 56.8 Å². The number of nitrogens with zero attached hydrogens (tertiary/aromatic N) is 2. The number of nitrogens with one attached hydrogen (secondary N) is 1. The highest BCUT2D eigenvalue weighted by atomic mass is 16.5. The van der Waals surface area contributed by atoms with Gasteiger partial charge in [-0.2, -0.15) is 0 Å². The number of hydrogen-bond donors (Lipinski definition) is 1. The number of carbonyl (C=O) groups excluding carboxylic acids is 2. The van der Waals surface area contributed by atoms with Crippen LogP contribution in [0.3, 0.4) is 0 Å². The lowest BCUT2D eigenvalue weighted by molar-refractivity contribution is -0.135. The quantitative estimate of drug-likeness (QED) is 0.910. The number of hydrogen-bond acceptors (Lipinski definition) is 4. The molecule has 6 heteroatoms. The molecule has 3 unspecified atom stereocenters. The second-order valence-electron chi connectivity index (χ2n) is 8.11. The Morgan fingerprint density at radius 1 is 1.24 bits per heavy atom. The third-order valence-electron chi connectivity index (χ3n) is 6.42. The Morgan fingerprint density at radius 3 is 2.64 bits per heavy atom. The van der Waals surface area contributed by atoms with Crippen LogP contribution < -0.4 is 5.32 Å². The zero-order valence-electron chi connectivity index (χ0n) is 14.9. The molecule has 1 aromatic heterocycles. The fourth-order valence-corrected chi connectivity index (χ4v) is 5.02. The second-order valence-corrected chi connectivity index (χ2v) is 8.11. The molecule has 0 radical (unpaired) electrons. The van der Waals surface area contributed by atoms with Gasteiger partial charge in [0, 0.05) is 31.5 Å². The number of piperidine rings is 1. The molecular weight excluding hydrogens is 318 g/mol. The third kappa shape index (κ3) is 3.58. The third-order valence-corrected chi connectivity index (χ3v) is 6.42. The average molecular weight is 345 g/mol. The minimum absolute atomic E-state index is 0.0199. The van der Waals surface area contributed by atoms with Crippen LogP contribution in [0.2, 0.25) is 0 Å². The van der Waals surface area contributed by atoms with Crippen molar-refractivity contribution in [3.05, 3.63) is 11.8 Å². The Morgan fingerprint density at radius 2 is 2.04 bits per heavy atom. The molecule has 2 heterocycles. The first-order chi connectivity index (χ1) is 12.1. The van der Waals surface area contributed by atoms with Crippen molar-refractivity contribution in [1.82, 2.24) is 10.1 Å². The van der Waals surface area contributed by atoms with Crippen LogP contribution in [0, 0.1) is 30.6 Å². The van der Waals surface area contributed by atoms with E-state index in [1.165, 1.54) is 25.7 Å². The topological polar surface area (TPSA) is 75.4 Å². The summed E-state index contributed by atoms with van der Waals surface area (Å²) in [5.74, 6) is 3.66. The Labute approximate surface area is 148 Å². The SMILES string of the molecule is Cc1cc(NC(=O)C2CCN(C(=O)CC3CC4CCC3C4)CC2)no1. The summed E-state index contributed by atoms with van der Waals surface area (Å²) in [5, 5.41) is 6.60. The van der Waals surface area contributed by atoms with Gasteiger partial charge >= 0.3 is 0 Å².